The Hall–Kier alpha value is -1.71. The van der Waals surface area contributed by atoms with Crippen LogP contribution in [0.1, 0.15) is 17.3 Å². The van der Waals surface area contributed by atoms with Crippen LogP contribution < -0.4 is 11.1 Å². The van der Waals surface area contributed by atoms with Gasteiger partial charge in [0.15, 0.2) is 0 Å². The van der Waals surface area contributed by atoms with Crippen molar-refractivity contribution in [2.75, 3.05) is 5.32 Å². The first-order valence-corrected chi connectivity index (χ1v) is 6.55. The molecule has 2 aromatic carbocycles. The predicted octanol–water partition coefficient (Wildman–Crippen LogP) is 3.82. The van der Waals surface area contributed by atoms with Gasteiger partial charge >= 0.3 is 0 Å². The van der Waals surface area contributed by atoms with Crippen molar-refractivity contribution < 1.29 is 0 Å². The molecule has 0 amide bonds. The third-order valence-electron chi connectivity index (χ3n) is 3.02. The van der Waals surface area contributed by atoms with Crippen molar-refractivity contribution >= 4 is 34.7 Å². The van der Waals surface area contributed by atoms with Crippen LogP contribution in [0.3, 0.4) is 0 Å². The Morgan fingerprint density at radius 2 is 1.89 bits per heavy atom. The van der Waals surface area contributed by atoms with Crippen LogP contribution in [0.5, 0.6) is 0 Å². The molecule has 0 saturated heterocycles. The van der Waals surface area contributed by atoms with Crippen LogP contribution in [0.2, 0.25) is 10.0 Å². The molecule has 3 N–H and O–H groups in total. The molecule has 1 aliphatic heterocycles. The lowest BCUT2D eigenvalue weighted by Crippen LogP contribution is -2.25. The average Bonchev–Trinajstić information content (AvgIpc) is 2.38. The molecule has 5 heteroatoms. The van der Waals surface area contributed by atoms with Gasteiger partial charge in [0.1, 0.15) is 12.0 Å². The van der Waals surface area contributed by atoms with Crippen LogP contribution in [0, 0.1) is 0 Å². The van der Waals surface area contributed by atoms with E-state index in [0.717, 1.165) is 16.8 Å². The van der Waals surface area contributed by atoms with Gasteiger partial charge in [0.05, 0.1) is 0 Å². The van der Waals surface area contributed by atoms with Gasteiger partial charge in [-0.2, -0.15) is 0 Å². The van der Waals surface area contributed by atoms with Crippen molar-refractivity contribution in [1.29, 1.82) is 0 Å². The summed E-state index contributed by atoms with van der Waals surface area (Å²) in [6, 6.07) is 13.1. The number of nitrogens with one attached hydrogen (secondary N) is 1. The minimum absolute atomic E-state index is 0.292. The van der Waals surface area contributed by atoms with E-state index >= 15 is 0 Å². The number of nitrogens with zero attached hydrogens (tertiary/aromatic N) is 1. The maximum absolute atomic E-state index is 6.20. The van der Waals surface area contributed by atoms with E-state index in [9.17, 15) is 0 Å². The third kappa shape index (κ3) is 2.27. The Morgan fingerprint density at radius 1 is 1.11 bits per heavy atom. The summed E-state index contributed by atoms with van der Waals surface area (Å²) in [6.45, 7) is 0. The van der Waals surface area contributed by atoms with Gasteiger partial charge in [0.25, 0.3) is 0 Å². The van der Waals surface area contributed by atoms with E-state index in [2.05, 4.69) is 10.3 Å². The highest BCUT2D eigenvalue weighted by molar-refractivity contribution is 6.35. The van der Waals surface area contributed by atoms with Gasteiger partial charge < -0.3 is 11.1 Å². The second kappa shape index (κ2) is 4.76. The summed E-state index contributed by atoms with van der Waals surface area (Å²) >= 11 is 12.1. The maximum atomic E-state index is 6.20. The second-order valence-electron chi connectivity index (χ2n) is 4.27. The molecule has 1 atom stereocenters. The number of rotatable bonds is 1. The van der Waals surface area contributed by atoms with Crippen molar-refractivity contribution in [1.82, 2.24) is 0 Å². The minimum atomic E-state index is -0.292. The molecular weight excluding hydrogens is 281 g/mol. The lowest BCUT2D eigenvalue weighted by Gasteiger charge is -2.24. The molecule has 19 heavy (non-hydrogen) atoms. The van der Waals surface area contributed by atoms with Gasteiger partial charge in [-0.15, -0.1) is 0 Å². The molecule has 1 unspecified atom stereocenters. The number of hydrogen-bond donors (Lipinski definition) is 2. The van der Waals surface area contributed by atoms with Crippen LogP contribution in [-0.2, 0) is 0 Å². The first-order chi connectivity index (χ1) is 9.15. The van der Waals surface area contributed by atoms with Crippen LogP contribution in [0.25, 0.3) is 0 Å². The first-order valence-electron chi connectivity index (χ1n) is 5.79. The summed E-state index contributed by atoms with van der Waals surface area (Å²) in [7, 11) is 0. The quantitative estimate of drug-likeness (QED) is 0.839. The number of hydrogen-bond acceptors (Lipinski definition) is 3. The molecule has 0 bridgehead atoms. The summed E-state index contributed by atoms with van der Waals surface area (Å²) in [5.74, 6) is 0.505. The fourth-order valence-electron chi connectivity index (χ4n) is 2.09. The summed E-state index contributed by atoms with van der Waals surface area (Å²) < 4.78 is 0. The van der Waals surface area contributed by atoms with Gasteiger partial charge in [0.2, 0.25) is 0 Å². The number of amidine groups is 1. The monoisotopic (exact) mass is 291 g/mol. The zero-order valence-corrected chi connectivity index (χ0v) is 11.4. The molecule has 1 heterocycles. The number of benzene rings is 2. The molecule has 96 valence electrons. The topological polar surface area (TPSA) is 50.4 Å². The third-order valence-corrected chi connectivity index (χ3v) is 3.58. The normalized spacial score (nSPS) is 17.4. The number of aliphatic imine (C=N–C) groups is 1. The Bertz CT molecular complexity index is 667. The number of nitrogens with two attached hydrogens (primary N) is 1. The van der Waals surface area contributed by atoms with E-state index < -0.39 is 0 Å². The van der Waals surface area contributed by atoms with Gasteiger partial charge in [-0.1, -0.05) is 41.4 Å². The van der Waals surface area contributed by atoms with Crippen LogP contribution >= 0.6 is 23.2 Å². The van der Waals surface area contributed by atoms with Gasteiger partial charge in [-0.3, -0.25) is 0 Å². The average molecular weight is 292 g/mol. The fraction of sp³-hybridized carbons (Fsp3) is 0.0714. The number of halogens is 2. The van der Waals surface area contributed by atoms with Gasteiger partial charge in [-0.05, 0) is 24.3 Å². The lowest BCUT2D eigenvalue weighted by molar-refractivity contribution is 0.825. The Kier molecular flexibility index (Phi) is 3.09. The number of fused-ring (bicyclic) bond motifs is 1. The van der Waals surface area contributed by atoms with Gasteiger partial charge in [-0.25, -0.2) is 4.99 Å². The number of anilines is 1. The summed E-state index contributed by atoms with van der Waals surface area (Å²) in [6.07, 6.45) is -0.292. The molecule has 2 aromatic rings. The summed E-state index contributed by atoms with van der Waals surface area (Å²) in [5.41, 5.74) is 8.70. The van der Waals surface area contributed by atoms with Crippen LogP contribution in [0.4, 0.5) is 5.69 Å². The molecule has 0 spiro atoms. The van der Waals surface area contributed by atoms with E-state index in [4.69, 9.17) is 28.9 Å². The van der Waals surface area contributed by atoms with Gasteiger partial charge in [0, 0.05) is 26.9 Å². The van der Waals surface area contributed by atoms with Crippen LogP contribution in [-0.4, -0.2) is 5.84 Å². The van der Waals surface area contributed by atoms with E-state index in [1.807, 2.05) is 30.3 Å². The smallest absolute Gasteiger partial charge is 0.148 e. The Balaban J connectivity index is 2.03. The molecule has 0 aromatic heterocycles. The molecule has 0 radical (unpaired) electrons. The molecule has 0 saturated carbocycles. The van der Waals surface area contributed by atoms with E-state index in [1.54, 1.807) is 12.1 Å². The predicted molar refractivity (Wildman–Crippen MR) is 80.0 cm³/mol. The minimum Gasteiger partial charge on any atom is -0.383 e. The second-order valence-corrected chi connectivity index (χ2v) is 5.12. The van der Waals surface area contributed by atoms with Crippen molar-refractivity contribution in [2.24, 2.45) is 10.7 Å². The standard InChI is InChI=1S/C14H11Cl2N3/c15-8-5-6-9(11(16)7-8)14-18-12-4-2-1-3-10(12)13(17)19-14/h1-7,14,18H,(H2,17,19). The largest absolute Gasteiger partial charge is 0.383 e. The van der Waals surface area contributed by atoms with E-state index in [1.165, 1.54) is 0 Å². The van der Waals surface area contributed by atoms with Crippen molar-refractivity contribution in [2.45, 2.75) is 6.17 Å². The Labute approximate surface area is 121 Å². The molecule has 0 fully saturated rings. The van der Waals surface area contributed by atoms with Crippen molar-refractivity contribution in [3.8, 4) is 0 Å². The Morgan fingerprint density at radius 3 is 2.68 bits per heavy atom. The highest BCUT2D eigenvalue weighted by atomic mass is 35.5. The first kappa shape index (κ1) is 12.3. The van der Waals surface area contributed by atoms with E-state index in [0.29, 0.717) is 15.9 Å². The molecule has 3 rings (SSSR count). The van der Waals surface area contributed by atoms with Crippen molar-refractivity contribution in [3.63, 3.8) is 0 Å². The number of para-hydroxylation sites is 1. The zero-order valence-electron chi connectivity index (χ0n) is 9.90. The fourth-order valence-corrected chi connectivity index (χ4v) is 2.60. The SMILES string of the molecule is NC1=NC(c2ccc(Cl)cc2Cl)Nc2ccccc21. The van der Waals surface area contributed by atoms with E-state index in [-0.39, 0.29) is 6.17 Å². The highest BCUT2D eigenvalue weighted by Gasteiger charge is 2.21. The molecule has 0 aliphatic carbocycles. The summed E-state index contributed by atoms with van der Waals surface area (Å²) in [5, 5.41) is 4.48. The lowest BCUT2D eigenvalue weighted by atomic mass is 10.1. The highest BCUT2D eigenvalue weighted by Crippen LogP contribution is 2.33. The molecule has 3 nitrogen and oxygen atoms in total. The maximum Gasteiger partial charge on any atom is 0.148 e. The zero-order chi connectivity index (χ0) is 13.4. The summed E-state index contributed by atoms with van der Waals surface area (Å²) in [4.78, 5) is 4.44. The van der Waals surface area contributed by atoms with Crippen molar-refractivity contribution in [3.05, 3.63) is 63.6 Å². The van der Waals surface area contributed by atoms with Crippen LogP contribution in [0.15, 0.2) is 47.5 Å². The molecular formula is C14H11Cl2N3. The molecule has 1 aliphatic rings.